The van der Waals surface area contributed by atoms with Gasteiger partial charge in [-0.1, -0.05) is 33.8 Å². The number of carbonyl (C=O) groups excluding carboxylic acids is 1. The molecule has 3 heterocycles. The number of aromatic amines is 2. The number of hydrogen-bond donors (Lipinski definition) is 3. The van der Waals surface area contributed by atoms with Crippen molar-refractivity contribution in [2.24, 2.45) is 10.8 Å². The predicted octanol–water partition coefficient (Wildman–Crippen LogP) is 5.21. The third kappa shape index (κ3) is 3.88. The number of hydrogen-bond acceptors (Lipinski definition) is 5. The number of fused-ring (bicyclic) bond motifs is 2. The standard InChI is InChI=1S/C27H34N6O/c1-15-29-23-19(11-22(28)32-24(23)30-15)21-10-17-9-16(7-8-20(17)31-21)14-33(6)18-12-26(2,3)25(34)27(4,5)13-18/h7-11,18,31H,12-14H2,1-6H3,(H3,28,29,30,32). The number of rotatable bonds is 4. The van der Waals surface area contributed by atoms with Crippen LogP contribution in [0.5, 0.6) is 0 Å². The van der Waals surface area contributed by atoms with E-state index in [1.807, 2.05) is 13.0 Å². The zero-order chi connectivity index (χ0) is 24.4. The van der Waals surface area contributed by atoms with Crippen LogP contribution in [0.1, 0.15) is 51.9 Å². The van der Waals surface area contributed by atoms with Crippen molar-refractivity contribution in [3.05, 3.63) is 41.7 Å². The summed E-state index contributed by atoms with van der Waals surface area (Å²) in [6, 6.07) is 11.0. The lowest BCUT2D eigenvalue weighted by atomic mass is 9.62. The average Bonchev–Trinajstić information content (AvgIpc) is 3.32. The van der Waals surface area contributed by atoms with Crippen molar-refractivity contribution in [3.63, 3.8) is 0 Å². The number of nitrogens with zero attached hydrogens (tertiary/aromatic N) is 3. The first-order valence-corrected chi connectivity index (χ1v) is 11.9. The zero-order valence-electron chi connectivity index (χ0n) is 20.9. The van der Waals surface area contributed by atoms with Crippen LogP contribution < -0.4 is 5.73 Å². The molecule has 0 atom stereocenters. The Kier molecular flexibility index (Phi) is 5.09. The normalized spacial score (nSPS) is 18.4. The van der Waals surface area contributed by atoms with Crippen LogP contribution >= 0.6 is 0 Å². The number of nitrogen functional groups attached to an aromatic ring is 1. The van der Waals surface area contributed by atoms with Gasteiger partial charge in [0, 0.05) is 45.6 Å². The Balaban J connectivity index is 1.42. The van der Waals surface area contributed by atoms with Gasteiger partial charge in [-0.2, -0.15) is 0 Å². The number of carbonyl (C=O) groups is 1. The number of anilines is 1. The fraction of sp³-hybridized carbons (Fsp3) is 0.444. The summed E-state index contributed by atoms with van der Waals surface area (Å²) in [6.07, 6.45) is 1.79. The molecule has 0 radical (unpaired) electrons. The van der Waals surface area contributed by atoms with E-state index in [0.717, 1.165) is 52.9 Å². The van der Waals surface area contributed by atoms with E-state index in [9.17, 15) is 4.79 Å². The molecule has 0 unspecified atom stereocenters. The Morgan fingerprint density at radius 2 is 1.76 bits per heavy atom. The number of Topliss-reactive ketones (excluding diaryl/α,β-unsaturated/α-hetero) is 1. The molecule has 1 aliphatic carbocycles. The summed E-state index contributed by atoms with van der Waals surface area (Å²) in [5.41, 5.74) is 11.3. The molecule has 0 spiro atoms. The molecule has 4 N–H and O–H groups in total. The molecule has 7 heteroatoms. The number of nitrogens with two attached hydrogens (primary N) is 1. The van der Waals surface area contributed by atoms with Gasteiger partial charge in [0.2, 0.25) is 0 Å². The molecule has 5 rings (SSSR count). The van der Waals surface area contributed by atoms with Crippen LogP contribution in [0, 0.1) is 17.8 Å². The number of H-pyrrole nitrogens is 2. The van der Waals surface area contributed by atoms with Crippen LogP contribution in [-0.2, 0) is 11.3 Å². The molecule has 7 nitrogen and oxygen atoms in total. The average molecular weight is 459 g/mol. The van der Waals surface area contributed by atoms with Gasteiger partial charge in [0.15, 0.2) is 5.65 Å². The highest BCUT2D eigenvalue weighted by molar-refractivity contribution is 5.95. The minimum Gasteiger partial charge on any atom is -0.384 e. The van der Waals surface area contributed by atoms with Gasteiger partial charge in [0.05, 0.1) is 5.52 Å². The Labute approximate surface area is 200 Å². The van der Waals surface area contributed by atoms with Crippen molar-refractivity contribution in [3.8, 4) is 11.3 Å². The van der Waals surface area contributed by atoms with E-state index in [1.165, 1.54) is 5.56 Å². The van der Waals surface area contributed by atoms with Crippen molar-refractivity contribution in [1.82, 2.24) is 24.8 Å². The third-order valence-corrected chi connectivity index (χ3v) is 7.35. The van der Waals surface area contributed by atoms with Gasteiger partial charge in [0.25, 0.3) is 0 Å². The second-order valence-corrected chi connectivity index (χ2v) is 11.3. The summed E-state index contributed by atoms with van der Waals surface area (Å²) in [6.45, 7) is 11.1. The van der Waals surface area contributed by atoms with Crippen LogP contribution in [-0.4, -0.2) is 43.7 Å². The first-order chi connectivity index (χ1) is 15.9. The number of ketones is 1. The van der Waals surface area contributed by atoms with E-state index >= 15 is 0 Å². The molecule has 34 heavy (non-hydrogen) atoms. The van der Waals surface area contributed by atoms with Crippen molar-refractivity contribution >= 4 is 33.7 Å². The maximum atomic E-state index is 12.8. The highest BCUT2D eigenvalue weighted by Gasteiger charge is 2.47. The Morgan fingerprint density at radius 3 is 2.47 bits per heavy atom. The van der Waals surface area contributed by atoms with Crippen LogP contribution in [0.25, 0.3) is 33.3 Å². The first-order valence-electron chi connectivity index (χ1n) is 11.9. The Morgan fingerprint density at radius 1 is 1.06 bits per heavy atom. The fourth-order valence-corrected chi connectivity index (χ4v) is 5.84. The maximum Gasteiger partial charge on any atom is 0.180 e. The second-order valence-electron chi connectivity index (χ2n) is 11.3. The van der Waals surface area contributed by atoms with Crippen molar-refractivity contribution in [2.75, 3.05) is 12.8 Å². The smallest absolute Gasteiger partial charge is 0.180 e. The first kappa shape index (κ1) is 22.6. The number of imidazole rings is 1. The molecular weight excluding hydrogens is 424 g/mol. The molecule has 178 valence electrons. The van der Waals surface area contributed by atoms with E-state index in [4.69, 9.17) is 5.73 Å². The van der Waals surface area contributed by atoms with Gasteiger partial charge in [-0.25, -0.2) is 9.97 Å². The number of pyridine rings is 1. The molecule has 1 aromatic carbocycles. The number of aromatic nitrogens is 4. The van der Waals surface area contributed by atoms with Crippen molar-refractivity contribution < 1.29 is 4.79 Å². The van der Waals surface area contributed by atoms with Crippen LogP contribution in [0.15, 0.2) is 30.3 Å². The lowest BCUT2D eigenvalue weighted by molar-refractivity contribution is -0.142. The van der Waals surface area contributed by atoms with E-state index in [-0.39, 0.29) is 10.8 Å². The summed E-state index contributed by atoms with van der Waals surface area (Å²) in [7, 11) is 2.18. The zero-order valence-corrected chi connectivity index (χ0v) is 20.9. The molecule has 3 aromatic heterocycles. The molecule has 1 fully saturated rings. The Bertz CT molecular complexity index is 1390. The summed E-state index contributed by atoms with van der Waals surface area (Å²) >= 11 is 0. The van der Waals surface area contributed by atoms with E-state index < -0.39 is 0 Å². The van der Waals surface area contributed by atoms with E-state index in [1.54, 1.807) is 0 Å². The van der Waals surface area contributed by atoms with Gasteiger partial charge in [-0.15, -0.1) is 0 Å². The molecule has 1 aliphatic rings. The minimum atomic E-state index is -0.289. The Hall–Kier alpha value is -3.19. The van der Waals surface area contributed by atoms with Gasteiger partial charge in [0.1, 0.15) is 17.4 Å². The van der Waals surface area contributed by atoms with Crippen LogP contribution in [0.3, 0.4) is 0 Å². The molecule has 0 bridgehead atoms. The quantitative estimate of drug-likeness (QED) is 0.389. The summed E-state index contributed by atoms with van der Waals surface area (Å²) < 4.78 is 0. The molecule has 0 saturated heterocycles. The lowest BCUT2D eigenvalue weighted by Gasteiger charge is -2.46. The van der Waals surface area contributed by atoms with Crippen LogP contribution in [0.2, 0.25) is 0 Å². The summed E-state index contributed by atoms with van der Waals surface area (Å²) in [5.74, 6) is 1.64. The molecule has 1 saturated carbocycles. The monoisotopic (exact) mass is 458 g/mol. The SMILES string of the molecule is Cc1nc2nc(N)cc(-c3cc4cc(CN(C)C5CC(C)(C)C(=O)C(C)(C)C5)ccc4[nH]3)c2[nH]1. The van der Waals surface area contributed by atoms with Crippen LogP contribution in [0.4, 0.5) is 5.82 Å². The topological polar surface area (TPSA) is 104 Å². The second kappa shape index (κ2) is 7.67. The number of benzene rings is 1. The van der Waals surface area contributed by atoms with Gasteiger partial charge in [-0.3, -0.25) is 9.69 Å². The highest BCUT2D eigenvalue weighted by Crippen LogP contribution is 2.44. The van der Waals surface area contributed by atoms with Crippen molar-refractivity contribution in [1.29, 1.82) is 0 Å². The summed E-state index contributed by atoms with van der Waals surface area (Å²) in [5, 5.41) is 1.15. The lowest BCUT2D eigenvalue weighted by Crippen LogP contribution is -2.50. The predicted molar refractivity (Wildman–Crippen MR) is 137 cm³/mol. The van der Waals surface area contributed by atoms with Gasteiger partial charge in [-0.05, 0) is 56.6 Å². The number of nitrogens with one attached hydrogen (secondary N) is 2. The minimum absolute atomic E-state index is 0.289. The van der Waals surface area contributed by atoms with E-state index in [2.05, 4.69) is 83.8 Å². The highest BCUT2D eigenvalue weighted by atomic mass is 16.1. The number of aryl methyl sites for hydroxylation is 1. The molecule has 0 aliphatic heterocycles. The van der Waals surface area contributed by atoms with E-state index in [0.29, 0.717) is 23.3 Å². The van der Waals surface area contributed by atoms with Crippen molar-refractivity contribution in [2.45, 2.75) is 60.0 Å². The fourth-order valence-electron chi connectivity index (χ4n) is 5.84. The summed E-state index contributed by atoms with van der Waals surface area (Å²) in [4.78, 5) is 30.9. The van der Waals surface area contributed by atoms with Gasteiger partial charge < -0.3 is 15.7 Å². The maximum absolute atomic E-state index is 12.8. The third-order valence-electron chi connectivity index (χ3n) is 7.35. The van der Waals surface area contributed by atoms with Gasteiger partial charge >= 0.3 is 0 Å². The molecular formula is C27H34N6O. The molecule has 0 amide bonds. The molecule has 4 aromatic rings. The largest absolute Gasteiger partial charge is 0.384 e.